The molecular weight excluding hydrogens is 184 g/mol. The summed E-state index contributed by atoms with van der Waals surface area (Å²) in [5, 5.41) is 2.86. The van der Waals surface area contributed by atoms with Crippen LogP contribution in [0.25, 0.3) is 10.6 Å². The molecule has 0 aliphatic rings. The second-order valence-corrected chi connectivity index (χ2v) is 3.33. The predicted molar refractivity (Wildman–Crippen MR) is 51.0 cm³/mol. The number of nitrogens with zero attached hydrogens (tertiary/aromatic N) is 3. The van der Waals surface area contributed by atoms with Crippen molar-refractivity contribution in [3.63, 3.8) is 0 Å². The largest absolute Gasteiger partial charge is 0.325 e. The maximum absolute atomic E-state index is 5.45. The summed E-state index contributed by atoms with van der Waals surface area (Å²) >= 11 is 1.56. The lowest BCUT2D eigenvalue weighted by Gasteiger charge is -1.91. The molecule has 0 amide bonds. The molecule has 4 nitrogen and oxygen atoms in total. The quantitative estimate of drug-likeness (QED) is 0.772. The SMILES string of the molecule is NCc1csc(-c2cncnc2)n1. The Hall–Kier alpha value is -1.33. The van der Waals surface area contributed by atoms with Crippen molar-refractivity contribution in [3.05, 3.63) is 29.8 Å². The van der Waals surface area contributed by atoms with Gasteiger partial charge >= 0.3 is 0 Å². The van der Waals surface area contributed by atoms with Crippen molar-refractivity contribution < 1.29 is 0 Å². The van der Waals surface area contributed by atoms with E-state index in [9.17, 15) is 0 Å². The minimum absolute atomic E-state index is 0.476. The summed E-state index contributed by atoms with van der Waals surface area (Å²) in [6, 6.07) is 0. The molecule has 2 heterocycles. The van der Waals surface area contributed by atoms with Crippen molar-refractivity contribution in [2.24, 2.45) is 5.73 Å². The molecule has 0 aromatic carbocycles. The van der Waals surface area contributed by atoms with Crippen LogP contribution in [0.4, 0.5) is 0 Å². The van der Waals surface area contributed by atoms with Gasteiger partial charge in [0.05, 0.1) is 5.69 Å². The fourth-order valence-corrected chi connectivity index (χ4v) is 1.75. The highest BCUT2D eigenvalue weighted by atomic mass is 32.1. The van der Waals surface area contributed by atoms with Gasteiger partial charge in [-0.05, 0) is 0 Å². The van der Waals surface area contributed by atoms with E-state index in [1.807, 2.05) is 5.38 Å². The zero-order valence-electron chi connectivity index (χ0n) is 6.84. The fourth-order valence-electron chi connectivity index (χ4n) is 0.943. The number of nitrogens with two attached hydrogens (primary N) is 1. The Morgan fingerprint density at radius 3 is 2.69 bits per heavy atom. The lowest BCUT2D eigenvalue weighted by Crippen LogP contribution is -1.95. The molecule has 0 bridgehead atoms. The molecule has 66 valence electrons. The molecule has 0 unspecified atom stereocenters. The molecule has 0 saturated heterocycles. The maximum Gasteiger partial charge on any atom is 0.126 e. The molecule has 13 heavy (non-hydrogen) atoms. The van der Waals surface area contributed by atoms with Crippen LogP contribution in [0.5, 0.6) is 0 Å². The molecule has 2 aromatic rings. The van der Waals surface area contributed by atoms with Crippen LogP contribution in [-0.4, -0.2) is 15.0 Å². The molecule has 0 saturated carbocycles. The highest BCUT2D eigenvalue weighted by Crippen LogP contribution is 2.21. The van der Waals surface area contributed by atoms with Crippen LogP contribution in [0.2, 0.25) is 0 Å². The Kier molecular flexibility index (Phi) is 2.29. The Morgan fingerprint density at radius 1 is 1.31 bits per heavy atom. The van der Waals surface area contributed by atoms with Gasteiger partial charge < -0.3 is 5.73 Å². The zero-order valence-corrected chi connectivity index (χ0v) is 7.66. The number of rotatable bonds is 2. The van der Waals surface area contributed by atoms with E-state index in [0.29, 0.717) is 6.54 Å². The number of hydrogen-bond acceptors (Lipinski definition) is 5. The first-order chi connectivity index (χ1) is 6.40. The van der Waals surface area contributed by atoms with Gasteiger partial charge in [-0.15, -0.1) is 11.3 Å². The lowest BCUT2D eigenvalue weighted by molar-refractivity contribution is 1.01. The Labute approximate surface area is 79.5 Å². The third-order valence-corrected chi connectivity index (χ3v) is 2.51. The van der Waals surface area contributed by atoms with E-state index in [4.69, 9.17) is 5.73 Å². The molecule has 5 heteroatoms. The maximum atomic E-state index is 5.45. The van der Waals surface area contributed by atoms with E-state index in [-0.39, 0.29) is 0 Å². The van der Waals surface area contributed by atoms with Crippen LogP contribution in [0.3, 0.4) is 0 Å². The van der Waals surface area contributed by atoms with E-state index >= 15 is 0 Å². The first-order valence-electron chi connectivity index (χ1n) is 3.80. The van der Waals surface area contributed by atoms with Crippen molar-refractivity contribution in [2.75, 3.05) is 0 Å². The summed E-state index contributed by atoms with van der Waals surface area (Å²) in [6.45, 7) is 0.476. The molecule has 2 aromatic heterocycles. The van der Waals surface area contributed by atoms with Crippen molar-refractivity contribution >= 4 is 11.3 Å². The minimum atomic E-state index is 0.476. The van der Waals surface area contributed by atoms with Crippen LogP contribution in [0, 0.1) is 0 Å². The fraction of sp³-hybridized carbons (Fsp3) is 0.125. The van der Waals surface area contributed by atoms with Crippen molar-refractivity contribution in [1.29, 1.82) is 0 Å². The average molecular weight is 192 g/mol. The van der Waals surface area contributed by atoms with Gasteiger partial charge in [-0.25, -0.2) is 15.0 Å². The van der Waals surface area contributed by atoms with Crippen LogP contribution in [-0.2, 0) is 6.54 Å². The van der Waals surface area contributed by atoms with Crippen LogP contribution < -0.4 is 5.73 Å². The lowest BCUT2D eigenvalue weighted by atomic mass is 10.3. The van der Waals surface area contributed by atoms with E-state index in [2.05, 4.69) is 15.0 Å². The van der Waals surface area contributed by atoms with Gasteiger partial charge in [-0.1, -0.05) is 0 Å². The normalized spacial score (nSPS) is 10.2. The summed E-state index contributed by atoms with van der Waals surface area (Å²) in [4.78, 5) is 12.2. The Balaban J connectivity index is 2.36. The standard InChI is InChI=1S/C8H8N4S/c9-1-7-4-13-8(12-7)6-2-10-5-11-3-6/h2-5H,1,9H2. The highest BCUT2D eigenvalue weighted by Gasteiger charge is 2.02. The molecule has 0 spiro atoms. The molecule has 0 fully saturated rings. The molecule has 0 aliphatic carbocycles. The molecule has 2 rings (SSSR count). The van der Waals surface area contributed by atoms with Gasteiger partial charge in [0.25, 0.3) is 0 Å². The van der Waals surface area contributed by atoms with E-state index in [1.165, 1.54) is 6.33 Å². The first kappa shape index (κ1) is 8.28. The van der Waals surface area contributed by atoms with Gasteiger partial charge in [0, 0.05) is 29.9 Å². The third-order valence-electron chi connectivity index (χ3n) is 1.57. The molecule has 0 aliphatic heterocycles. The van der Waals surface area contributed by atoms with Crippen molar-refractivity contribution in [1.82, 2.24) is 15.0 Å². The summed E-state index contributed by atoms with van der Waals surface area (Å²) in [5.41, 5.74) is 7.30. The van der Waals surface area contributed by atoms with Gasteiger partial charge in [0.1, 0.15) is 11.3 Å². The number of thiazole rings is 1. The van der Waals surface area contributed by atoms with E-state index in [1.54, 1.807) is 23.7 Å². The minimum Gasteiger partial charge on any atom is -0.325 e. The van der Waals surface area contributed by atoms with Crippen LogP contribution >= 0.6 is 11.3 Å². The summed E-state index contributed by atoms with van der Waals surface area (Å²) in [6.07, 6.45) is 4.99. The summed E-state index contributed by atoms with van der Waals surface area (Å²) in [7, 11) is 0. The number of hydrogen-bond donors (Lipinski definition) is 1. The monoisotopic (exact) mass is 192 g/mol. The average Bonchev–Trinajstić information content (AvgIpc) is 2.67. The predicted octanol–water partition coefficient (Wildman–Crippen LogP) is 1.06. The number of aromatic nitrogens is 3. The summed E-state index contributed by atoms with van der Waals surface area (Å²) in [5.74, 6) is 0. The van der Waals surface area contributed by atoms with E-state index in [0.717, 1.165) is 16.3 Å². The van der Waals surface area contributed by atoms with Gasteiger partial charge in [0.2, 0.25) is 0 Å². The highest BCUT2D eigenvalue weighted by molar-refractivity contribution is 7.13. The zero-order chi connectivity index (χ0) is 9.10. The van der Waals surface area contributed by atoms with Crippen molar-refractivity contribution in [2.45, 2.75) is 6.54 Å². The smallest absolute Gasteiger partial charge is 0.126 e. The second kappa shape index (κ2) is 3.59. The van der Waals surface area contributed by atoms with Gasteiger partial charge in [-0.2, -0.15) is 0 Å². The Bertz CT molecular complexity index is 384. The third kappa shape index (κ3) is 1.71. The van der Waals surface area contributed by atoms with Crippen LogP contribution in [0.15, 0.2) is 24.1 Å². The first-order valence-corrected chi connectivity index (χ1v) is 4.68. The molecule has 0 radical (unpaired) electrons. The van der Waals surface area contributed by atoms with Crippen molar-refractivity contribution in [3.8, 4) is 10.6 Å². The second-order valence-electron chi connectivity index (χ2n) is 2.48. The topological polar surface area (TPSA) is 64.7 Å². The molecular formula is C8H8N4S. The molecule has 0 atom stereocenters. The summed E-state index contributed by atoms with van der Waals surface area (Å²) < 4.78 is 0. The van der Waals surface area contributed by atoms with E-state index < -0.39 is 0 Å². The van der Waals surface area contributed by atoms with Crippen LogP contribution in [0.1, 0.15) is 5.69 Å². The molecule has 2 N–H and O–H groups in total. The van der Waals surface area contributed by atoms with Gasteiger partial charge in [-0.3, -0.25) is 0 Å². The Morgan fingerprint density at radius 2 is 2.08 bits per heavy atom. The van der Waals surface area contributed by atoms with Gasteiger partial charge in [0.15, 0.2) is 0 Å².